The third-order valence-electron chi connectivity index (χ3n) is 3.30. The van der Waals surface area contributed by atoms with Crippen molar-refractivity contribution in [3.05, 3.63) is 35.4 Å². The van der Waals surface area contributed by atoms with Crippen LogP contribution in [0.2, 0.25) is 0 Å². The van der Waals surface area contributed by atoms with E-state index in [1.165, 1.54) is 0 Å². The number of nitrogens with zero attached hydrogens (tertiary/aromatic N) is 1. The van der Waals surface area contributed by atoms with Crippen molar-refractivity contribution in [3.63, 3.8) is 0 Å². The minimum absolute atomic E-state index is 0.170. The number of benzene rings is 1. The molecule has 1 aromatic carbocycles. The molecule has 1 saturated heterocycles. The number of likely N-dealkylation sites (N-methyl/N-ethyl adjacent to an activating group) is 1. The van der Waals surface area contributed by atoms with E-state index < -0.39 is 0 Å². The first kappa shape index (κ1) is 13.1. The van der Waals surface area contributed by atoms with E-state index in [9.17, 15) is 4.79 Å². The maximum atomic E-state index is 12.5. The van der Waals surface area contributed by atoms with Gasteiger partial charge in [-0.05, 0) is 31.6 Å². The third kappa shape index (κ3) is 3.09. The molecule has 2 N–H and O–H groups in total. The Labute approximate surface area is 108 Å². The van der Waals surface area contributed by atoms with Crippen molar-refractivity contribution in [2.75, 3.05) is 39.8 Å². The SMILES string of the molecule is CNCCc1ccccc1C(=O)N1CCNCC1. The van der Waals surface area contributed by atoms with E-state index >= 15 is 0 Å². The van der Waals surface area contributed by atoms with E-state index in [1.54, 1.807) is 0 Å². The van der Waals surface area contributed by atoms with E-state index in [-0.39, 0.29) is 5.91 Å². The van der Waals surface area contributed by atoms with Crippen molar-refractivity contribution in [2.45, 2.75) is 6.42 Å². The zero-order valence-electron chi connectivity index (χ0n) is 10.9. The van der Waals surface area contributed by atoms with E-state index in [4.69, 9.17) is 0 Å². The molecule has 0 atom stereocenters. The van der Waals surface area contributed by atoms with E-state index in [2.05, 4.69) is 10.6 Å². The number of carbonyl (C=O) groups excluding carboxylic acids is 1. The van der Waals surface area contributed by atoms with Crippen LogP contribution in [0.4, 0.5) is 0 Å². The molecule has 1 amide bonds. The highest BCUT2D eigenvalue weighted by Gasteiger charge is 2.19. The van der Waals surface area contributed by atoms with Gasteiger partial charge in [0.2, 0.25) is 0 Å². The van der Waals surface area contributed by atoms with Crippen LogP contribution in [0.25, 0.3) is 0 Å². The predicted molar refractivity (Wildman–Crippen MR) is 72.8 cm³/mol. The summed E-state index contributed by atoms with van der Waals surface area (Å²) in [6.45, 7) is 4.29. The lowest BCUT2D eigenvalue weighted by atomic mass is 10.0. The lowest BCUT2D eigenvalue weighted by Gasteiger charge is -2.28. The van der Waals surface area contributed by atoms with Crippen LogP contribution in [-0.4, -0.2) is 50.6 Å². The second-order valence-electron chi connectivity index (χ2n) is 4.55. The van der Waals surface area contributed by atoms with Crippen LogP contribution in [0.3, 0.4) is 0 Å². The van der Waals surface area contributed by atoms with Gasteiger partial charge in [0.05, 0.1) is 0 Å². The van der Waals surface area contributed by atoms with Crippen LogP contribution in [0.1, 0.15) is 15.9 Å². The van der Waals surface area contributed by atoms with Crippen LogP contribution in [0, 0.1) is 0 Å². The number of piperazine rings is 1. The van der Waals surface area contributed by atoms with Crippen molar-refractivity contribution >= 4 is 5.91 Å². The molecule has 0 spiro atoms. The van der Waals surface area contributed by atoms with E-state index in [0.717, 1.165) is 50.3 Å². The largest absolute Gasteiger partial charge is 0.336 e. The lowest BCUT2D eigenvalue weighted by Crippen LogP contribution is -2.46. The summed E-state index contributed by atoms with van der Waals surface area (Å²) >= 11 is 0. The van der Waals surface area contributed by atoms with Crippen molar-refractivity contribution in [1.82, 2.24) is 15.5 Å². The fourth-order valence-electron chi connectivity index (χ4n) is 2.24. The minimum Gasteiger partial charge on any atom is -0.336 e. The van der Waals surface area contributed by atoms with Gasteiger partial charge in [0, 0.05) is 31.7 Å². The molecule has 0 aromatic heterocycles. The average Bonchev–Trinajstić information content (AvgIpc) is 2.45. The molecular weight excluding hydrogens is 226 g/mol. The Hall–Kier alpha value is -1.39. The van der Waals surface area contributed by atoms with Gasteiger partial charge in [0.25, 0.3) is 5.91 Å². The number of amides is 1. The number of nitrogens with one attached hydrogen (secondary N) is 2. The van der Waals surface area contributed by atoms with Crippen LogP contribution >= 0.6 is 0 Å². The van der Waals surface area contributed by atoms with Crippen LogP contribution < -0.4 is 10.6 Å². The van der Waals surface area contributed by atoms with Crippen LogP contribution in [-0.2, 0) is 6.42 Å². The monoisotopic (exact) mass is 247 g/mol. The first-order chi connectivity index (χ1) is 8.83. The first-order valence-electron chi connectivity index (χ1n) is 6.55. The van der Waals surface area contributed by atoms with Gasteiger partial charge < -0.3 is 15.5 Å². The molecule has 0 unspecified atom stereocenters. The van der Waals surface area contributed by atoms with Gasteiger partial charge in [-0.3, -0.25) is 4.79 Å². The fourth-order valence-corrected chi connectivity index (χ4v) is 2.24. The standard InChI is InChI=1S/C14H21N3O/c1-15-7-6-12-4-2-3-5-13(12)14(18)17-10-8-16-9-11-17/h2-5,15-16H,6-11H2,1H3. The fraction of sp³-hybridized carbons (Fsp3) is 0.500. The van der Waals surface area contributed by atoms with Crippen molar-refractivity contribution in [3.8, 4) is 0 Å². The molecule has 18 heavy (non-hydrogen) atoms. The molecule has 98 valence electrons. The summed E-state index contributed by atoms with van der Waals surface area (Å²) in [5, 5.41) is 6.39. The molecule has 1 heterocycles. The number of hydrogen-bond acceptors (Lipinski definition) is 3. The highest BCUT2D eigenvalue weighted by molar-refractivity contribution is 5.95. The summed E-state index contributed by atoms with van der Waals surface area (Å²) in [5.41, 5.74) is 1.99. The van der Waals surface area contributed by atoms with Gasteiger partial charge in [-0.1, -0.05) is 18.2 Å². The number of hydrogen-bond donors (Lipinski definition) is 2. The summed E-state index contributed by atoms with van der Waals surface area (Å²) in [6, 6.07) is 7.93. The van der Waals surface area contributed by atoms with Crippen molar-refractivity contribution in [1.29, 1.82) is 0 Å². The third-order valence-corrected chi connectivity index (χ3v) is 3.30. The van der Waals surface area contributed by atoms with E-state index in [0.29, 0.717) is 0 Å². The summed E-state index contributed by atoms with van der Waals surface area (Å²) in [5.74, 6) is 0.170. The summed E-state index contributed by atoms with van der Waals surface area (Å²) < 4.78 is 0. The van der Waals surface area contributed by atoms with Gasteiger partial charge in [0.15, 0.2) is 0 Å². The molecule has 1 aliphatic heterocycles. The first-order valence-corrected chi connectivity index (χ1v) is 6.55. The van der Waals surface area contributed by atoms with Gasteiger partial charge in [0.1, 0.15) is 0 Å². The number of rotatable bonds is 4. The Morgan fingerprint density at radius 3 is 2.78 bits per heavy atom. The minimum atomic E-state index is 0.170. The van der Waals surface area contributed by atoms with Crippen LogP contribution in [0.5, 0.6) is 0 Å². The molecular formula is C14H21N3O. The summed E-state index contributed by atoms with van der Waals surface area (Å²) in [4.78, 5) is 14.4. The molecule has 0 aliphatic carbocycles. The van der Waals surface area contributed by atoms with Gasteiger partial charge in [-0.15, -0.1) is 0 Å². The zero-order chi connectivity index (χ0) is 12.8. The smallest absolute Gasteiger partial charge is 0.254 e. The molecule has 4 nitrogen and oxygen atoms in total. The molecule has 1 aliphatic rings. The Morgan fingerprint density at radius 1 is 1.33 bits per heavy atom. The molecule has 0 radical (unpaired) electrons. The Kier molecular flexibility index (Phi) is 4.73. The molecule has 1 fully saturated rings. The quantitative estimate of drug-likeness (QED) is 0.814. The van der Waals surface area contributed by atoms with Gasteiger partial charge in [-0.2, -0.15) is 0 Å². The molecule has 4 heteroatoms. The molecule has 2 rings (SSSR count). The zero-order valence-corrected chi connectivity index (χ0v) is 10.9. The highest BCUT2D eigenvalue weighted by atomic mass is 16.2. The maximum Gasteiger partial charge on any atom is 0.254 e. The topological polar surface area (TPSA) is 44.4 Å². The Bertz CT molecular complexity index is 400. The van der Waals surface area contributed by atoms with Crippen LogP contribution in [0.15, 0.2) is 24.3 Å². The molecule has 1 aromatic rings. The highest BCUT2D eigenvalue weighted by Crippen LogP contribution is 2.13. The maximum absolute atomic E-state index is 12.5. The normalized spacial score (nSPS) is 15.7. The van der Waals surface area contributed by atoms with Gasteiger partial charge in [-0.25, -0.2) is 0 Å². The average molecular weight is 247 g/mol. The van der Waals surface area contributed by atoms with Gasteiger partial charge >= 0.3 is 0 Å². The lowest BCUT2D eigenvalue weighted by molar-refractivity contribution is 0.0734. The van der Waals surface area contributed by atoms with E-state index in [1.807, 2.05) is 36.2 Å². The Balaban J connectivity index is 2.12. The summed E-state index contributed by atoms with van der Waals surface area (Å²) in [6.07, 6.45) is 0.893. The Morgan fingerprint density at radius 2 is 2.06 bits per heavy atom. The predicted octanol–water partition coefficient (Wildman–Crippen LogP) is 0.494. The van der Waals surface area contributed by atoms with Crippen molar-refractivity contribution in [2.24, 2.45) is 0 Å². The molecule has 0 bridgehead atoms. The second kappa shape index (κ2) is 6.52. The number of carbonyl (C=O) groups is 1. The summed E-state index contributed by atoms with van der Waals surface area (Å²) in [7, 11) is 1.93. The molecule has 0 saturated carbocycles. The van der Waals surface area contributed by atoms with Crippen molar-refractivity contribution < 1.29 is 4.79 Å². The second-order valence-corrected chi connectivity index (χ2v) is 4.55.